The van der Waals surface area contributed by atoms with Crippen LogP contribution in [0.25, 0.3) is 5.00 Å². The minimum atomic E-state index is 0.0200. The van der Waals surface area contributed by atoms with Crippen molar-refractivity contribution in [1.29, 1.82) is 0 Å². The molecule has 1 amide bonds. The molecule has 8 heteroatoms. The van der Waals surface area contributed by atoms with Crippen LogP contribution in [0.1, 0.15) is 27.2 Å². The van der Waals surface area contributed by atoms with E-state index in [1.807, 2.05) is 42.1 Å². The molecule has 1 N–H and O–H groups in total. The number of aromatic nitrogens is 3. The highest BCUT2D eigenvalue weighted by Gasteiger charge is 2.21. The van der Waals surface area contributed by atoms with Crippen molar-refractivity contribution < 1.29 is 4.79 Å². The van der Waals surface area contributed by atoms with Crippen LogP contribution in [0.15, 0.2) is 43.0 Å². The topological polar surface area (TPSA) is 66.3 Å². The second kappa shape index (κ2) is 9.40. The number of rotatable bonds is 7. The fourth-order valence-electron chi connectivity index (χ4n) is 3.75. The van der Waals surface area contributed by atoms with Gasteiger partial charge in [-0.15, -0.1) is 11.3 Å². The third-order valence-corrected chi connectivity index (χ3v) is 6.80. The Balaban J connectivity index is 1.25. The lowest BCUT2D eigenvalue weighted by molar-refractivity contribution is 0.0951. The van der Waals surface area contributed by atoms with E-state index in [9.17, 15) is 4.79 Å². The molecule has 4 rings (SSSR count). The Morgan fingerprint density at radius 1 is 1.07 bits per heavy atom. The van der Waals surface area contributed by atoms with E-state index in [0.717, 1.165) is 61.2 Å². The molecule has 0 saturated carbocycles. The Morgan fingerprint density at radius 3 is 2.47 bits per heavy atom. The van der Waals surface area contributed by atoms with E-state index >= 15 is 0 Å². The predicted molar refractivity (Wildman–Crippen MR) is 121 cm³/mol. The third-order valence-electron chi connectivity index (χ3n) is 5.58. The van der Waals surface area contributed by atoms with Crippen LogP contribution in [0.4, 0.5) is 5.95 Å². The van der Waals surface area contributed by atoms with Crippen LogP contribution in [0.5, 0.6) is 0 Å². The first-order chi connectivity index (χ1) is 14.6. The van der Waals surface area contributed by atoms with Gasteiger partial charge in [0.2, 0.25) is 5.95 Å². The van der Waals surface area contributed by atoms with Crippen LogP contribution < -0.4 is 10.2 Å². The van der Waals surface area contributed by atoms with Crippen molar-refractivity contribution in [1.82, 2.24) is 24.8 Å². The molecule has 0 radical (unpaired) electrons. The van der Waals surface area contributed by atoms with E-state index in [2.05, 4.69) is 32.0 Å². The third kappa shape index (κ3) is 4.55. The van der Waals surface area contributed by atoms with Gasteiger partial charge < -0.3 is 14.8 Å². The number of thiophene rings is 1. The molecule has 0 bridgehead atoms. The minimum Gasteiger partial charge on any atom is -0.352 e. The van der Waals surface area contributed by atoms with Gasteiger partial charge in [0.05, 0.1) is 5.56 Å². The van der Waals surface area contributed by atoms with Crippen molar-refractivity contribution >= 4 is 23.2 Å². The van der Waals surface area contributed by atoms with Crippen molar-refractivity contribution in [2.75, 3.05) is 44.2 Å². The molecular weight excluding hydrogens is 396 g/mol. The molecule has 0 unspecified atom stereocenters. The standard InChI is InChI=1S/C22H28N6OS/c1-17-18(2)30-21(27-11-3-4-12-27)19(17)20(29)23-9-6-10-26-13-15-28(16-14-26)22-24-7-5-8-25-22/h3-5,7-8,11-12H,6,9-10,13-16H2,1-2H3,(H,23,29). The fraction of sp³-hybridized carbons (Fsp3) is 0.409. The zero-order chi connectivity index (χ0) is 20.9. The molecule has 3 aromatic heterocycles. The molecule has 1 aliphatic heterocycles. The van der Waals surface area contributed by atoms with Crippen LogP contribution in [0, 0.1) is 13.8 Å². The molecule has 0 spiro atoms. The number of hydrogen-bond acceptors (Lipinski definition) is 6. The summed E-state index contributed by atoms with van der Waals surface area (Å²) in [5, 5.41) is 4.12. The average molecular weight is 425 g/mol. The Kier molecular flexibility index (Phi) is 6.44. The van der Waals surface area contributed by atoms with Gasteiger partial charge in [-0.25, -0.2) is 9.97 Å². The van der Waals surface area contributed by atoms with Crippen molar-refractivity contribution in [2.45, 2.75) is 20.3 Å². The average Bonchev–Trinajstić information content (AvgIpc) is 3.41. The van der Waals surface area contributed by atoms with Gasteiger partial charge in [-0.2, -0.15) is 0 Å². The molecule has 158 valence electrons. The number of anilines is 1. The Bertz CT molecular complexity index is 961. The molecule has 4 heterocycles. The highest BCUT2D eigenvalue weighted by Crippen LogP contribution is 2.30. The summed E-state index contributed by atoms with van der Waals surface area (Å²) in [5.74, 6) is 0.830. The van der Waals surface area contributed by atoms with Gasteiger partial charge in [0.1, 0.15) is 5.00 Å². The van der Waals surface area contributed by atoms with E-state index in [1.165, 1.54) is 4.88 Å². The number of carbonyl (C=O) groups excluding carboxylic acids is 1. The maximum absolute atomic E-state index is 12.9. The van der Waals surface area contributed by atoms with Crippen LogP contribution >= 0.6 is 11.3 Å². The van der Waals surface area contributed by atoms with Crippen molar-refractivity contribution in [3.8, 4) is 5.00 Å². The monoisotopic (exact) mass is 424 g/mol. The molecule has 1 saturated heterocycles. The number of nitrogens with one attached hydrogen (secondary N) is 1. The quantitative estimate of drug-likeness (QED) is 0.591. The van der Waals surface area contributed by atoms with Crippen LogP contribution in [-0.2, 0) is 0 Å². The molecule has 3 aromatic rings. The first-order valence-corrected chi connectivity index (χ1v) is 11.2. The summed E-state index contributed by atoms with van der Waals surface area (Å²) in [6.45, 7) is 9.62. The van der Waals surface area contributed by atoms with E-state index in [0.29, 0.717) is 6.54 Å². The SMILES string of the molecule is Cc1sc(-n2cccc2)c(C(=O)NCCCN2CCN(c3ncccn3)CC2)c1C. The Labute approximate surface area is 181 Å². The second-order valence-electron chi connectivity index (χ2n) is 7.54. The Hall–Kier alpha value is -2.71. The van der Waals surface area contributed by atoms with Crippen molar-refractivity contribution in [3.63, 3.8) is 0 Å². The maximum atomic E-state index is 12.9. The zero-order valence-corrected chi connectivity index (χ0v) is 18.4. The van der Waals surface area contributed by atoms with Crippen molar-refractivity contribution in [3.05, 3.63) is 59.0 Å². The van der Waals surface area contributed by atoms with Gasteiger partial charge in [-0.1, -0.05) is 0 Å². The zero-order valence-electron chi connectivity index (χ0n) is 17.5. The maximum Gasteiger partial charge on any atom is 0.254 e. The van der Waals surface area contributed by atoms with Crippen molar-refractivity contribution in [2.24, 2.45) is 0 Å². The van der Waals surface area contributed by atoms with Gasteiger partial charge in [0.25, 0.3) is 5.91 Å². The van der Waals surface area contributed by atoms with Crippen LogP contribution in [0.2, 0.25) is 0 Å². The first kappa shape index (κ1) is 20.6. The smallest absolute Gasteiger partial charge is 0.254 e. The molecule has 1 aliphatic rings. The summed E-state index contributed by atoms with van der Waals surface area (Å²) in [7, 11) is 0. The summed E-state index contributed by atoms with van der Waals surface area (Å²) in [4.78, 5) is 27.4. The summed E-state index contributed by atoms with van der Waals surface area (Å²) in [5.41, 5.74) is 1.87. The second-order valence-corrected chi connectivity index (χ2v) is 8.74. The molecule has 0 aliphatic carbocycles. The lowest BCUT2D eigenvalue weighted by Crippen LogP contribution is -2.47. The first-order valence-electron chi connectivity index (χ1n) is 10.4. The summed E-state index contributed by atoms with van der Waals surface area (Å²) in [6, 6.07) is 5.81. The van der Waals surface area contributed by atoms with Gasteiger partial charge in [-0.05, 0) is 50.6 Å². The minimum absolute atomic E-state index is 0.0200. The summed E-state index contributed by atoms with van der Waals surface area (Å²) >= 11 is 1.67. The molecular formula is C22H28N6OS. The van der Waals surface area contributed by atoms with E-state index in [-0.39, 0.29) is 5.91 Å². The van der Waals surface area contributed by atoms with Gasteiger partial charge >= 0.3 is 0 Å². The Morgan fingerprint density at radius 2 is 1.77 bits per heavy atom. The molecule has 7 nitrogen and oxygen atoms in total. The van der Waals surface area contributed by atoms with E-state index < -0.39 is 0 Å². The van der Waals surface area contributed by atoms with Crippen LogP contribution in [0.3, 0.4) is 0 Å². The number of hydrogen-bond donors (Lipinski definition) is 1. The lowest BCUT2D eigenvalue weighted by atomic mass is 10.1. The normalized spacial score (nSPS) is 14.8. The van der Waals surface area contributed by atoms with Gasteiger partial charge in [-0.3, -0.25) is 9.69 Å². The molecule has 0 aromatic carbocycles. The largest absolute Gasteiger partial charge is 0.352 e. The molecule has 1 fully saturated rings. The number of carbonyl (C=O) groups is 1. The number of nitrogens with zero attached hydrogens (tertiary/aromatic N) is 5. The molecule has 0 atom stereocenters. The lowest BCUT2D eigenvalue weighted by Gasteiger charge is -2.34. The van der Waals surface area contributed by atoms with Crippen LogP contribution in [-0.4, -0.2) is 64.6 Å². The number of aryl methyl sites for hydroxylation is 1. The predicted octanol–water partition coefficient (Wildman–Crippen LogP) is 2.89. The summed E-state index contributed by atoms with van der Waals surface area (Å²) in [6.07, 6.45) is 8.49. The van der Waals surface area contributed by atoms with Gasteiger partial charge in [0, 0.05) is 62.4 Å². The molecule has 30 heavy (non-hydrogen) atoms. The number of piperazine rings is 1. The fourth-order valence-corrected chi connectivity index (χ4v) is 4.87. The highest BCUT2D eigenvalue weighted by molar-refractivity contribution is 7.15. The van der Waals surface area contributed by atoms with Gasteiger partial charge in [0.15, 0.2) is 0 Å². The van der Waals surface area contributed by atoms with E-state index in [4.69, 9.17) is 0 Å². The summed E-state index contributed by atoms with van der Waals surface area (Å²) < 4.78 is 2.02. The number of amides is 1. The van der Waals surface area contributed by atoms with E-state index in [1.54, 1.807) is 23.7 Å². The highest BCUT2D eigenvalue weighted by atomic mass is 32.1.